The Morgan fingerprint density at radius 3 is 3.00 bits per heavy atom. The molecule has 0 amide bonds. The lowest BCUT2D eigenvalue weighted by Crippen LogP contribution is -2.26. The minimum atomic E-state index is 0.411. The Hall–Kier alpha value is -1.13. The maximum absolute atomic E-state index is 5.86. The van der Waals surface area contributed by atoms with Crippen LogP contribution in [0.25, 0.3) is 11.2 Å². The monoisotopic (exact) mass is 237 g/mol. The predicted octanol–water partition coefficient (Wildman–Crippen LogP) is 2.34. The minimum absolute atomic E-state index is 0.411. The highest BCUT2D eigenvalue weighted by Crippen LogP contribution is 2.27. The number of nitrogens with one attached hydrogen (secondary N) is 1. The molecule has 1 aliphatic rings. The van der Waals surface area contributed by atoms with Crippen LogP contribution in [0.15, 0.2) is 16.7 Å². The largest absolute Gasteiger partial charge is 0.422 e. The van der Waals surface area contributed by atoms with Crippen molar-refractivity contribution in [1.82, 2.24) is 15.3 Å². The fourth-order valence-electron chi connectivity index (χ4n) is 2.06. The van der Waals surface area contributed by atoms with Crippen LogP contribution in [-0.2, 0) is 0 Å². The van der Waals surface area contributed by atoms with Gasteiger partial charge < -0.3 is 9.73 Å². The van der Waals surface area contributed by atoms with Crippen molar-refractivity contribution in [2.45, 2.75) is 18.8 Å². The van der Waals surface area contributed by atoms with Crippen LogP contribution in [0.4, 0.5) is 0 Å². The highest BCUT2D eigenvalue weighted by atomic mass is 35.5. The molecule has 3 heterocycles. The summed E-state index contributed by atoms with van der Waals surface area (Å²) >= 11 is 5.86. The first kappa shape index (κ1) is 10.1. The molecule has 0 aromatic carbocycles. The molecule has 0 atom stereocenters. The number of aromatic nitrogens is 2. The Balaban J connectivity index is 1.97. The fourth-order valence-corrected chi connectivity index (χ4v) is 2.21. The van der Waals surface area contributed by atoms with Gasteiger partial charge in [-0.05, 0) is 32.0 Å². The van der Waals surface area contributed by atoms with Gasteiger partial charge in [0.05, 0.1) is 5.02 Å². The maximum atomic E-state index is 5.86. The number of halogens is 1. The molecule has 1 fully saturated rings. The predicted molar refractivity (Wildman–Crippen MR) is 61.7 cm³/mol. The number of hydrogen-bond donors (Lipinski definition) is 1. The van der Waals surface area contributed by atoms with Crippen LogP contribution in [0, 0.1) is 0 Å². The lowest BCUT2D eigenvalue weighted by atomic mass is 9.98. The highest BCUT2D eigenvalue weighted by molar-refractivity contribution is 6.30. The van der Waals surface area contributed by atoms with E-state index in [1.165, 1.54) is 0 Å². The first-order valence-corrected chi connectivity index (χ1v) is 5.83. The Bertz CT molecular complexity index is 505. The van der Waals surface area contributed by atoms with Gasteiger partial charge in [-0.2, -0.15) is 0 Å². The third kappa shape index (κ3) is 1.79. The zero-order valence-electron chi connectivity index (χ0n) is 8.74. The van der Waals surface area contributed by atoms with Gasteiger partial charge in [0, 0.05) is 12.1 Å². The van der Waals surface area contributed by atoms with Crippen LogP contribution < -0.4 is 5.32 Å². The van der Waals surface area contributed by atoms with Crippen LogP contribution in [0.5, 0.6) is 0 Å². The molecule has 0 aliphatic carbocycles. The molecule has 1 saturated heterocycles. The molecule has 2 aromatic rings. The van der Waals surface area contributed by atoms with E-state index in [0.29, 0.717) is 16.7 Å². The summed E-state index contributed by atoms with van der Waals surface area (Å²) < 4.78 is 5.65. The normalized spacial score (nSPS) is 18.1. The van der Waals surface area contributed by atoms with Crippen molar-refractivity contribution in [3.63, 3.8) is 0 Å². The van der Waals surface area contributed by atoms with E-state index in [-0.39, 0.29) is 0 Å². The molecule has 0 bridgehead atoms. The number of hydrogen-bond acceptors (Lipinski definition) is 4. The number of pyridine rings is 1. The summed E-state index contributed by atoms with van der Waals surface area (Å²) in [6.07, 6.45) is 3.72. The Labute approximate surface area is 98.0 Å². The molecule has 1 N–H and O–H groups in total. The molecule has 0 saturated carbocycles. The van der Waals surface area contributed by atoms with Crippen molar-refractivity contribution in [1.29, 1.82) is 0 Å². The minimum Gasteiger partial charge on any atom is -0.422 e. The number of nitrogens with zero attached hydrogens (tertiary/aromatic N) is 2. The molecule has 0 radical (unpaired) electrons. The highest BCUT2D eigenvalue weighted by Gasteiger charge is 2.20. The van der Waals surface area contributed by atoms with E-state index in [2.05, 4.69) is 15.3 Å². The topological polar surface area (TPSA) is 51.0 Å². The Morgan fingerprint density at radius 2 is 2.19 bits per heavy atom. The van der Waals surface area contributed by atoms with Gasteiger partial charge in [-0.1, -0.05) is 11.6 Å². The average molecular weight is 238 g/mol. The number of fused-ring (bicyclic) bond motifs is 1. The van der Waals surface area contributed by atoms with Crippen molar-refractivity contribution in [3.8, 4) is 0 Å². The molecule has 16 heavy (non-hydrogen) atoms. The zero-order chi connectivity index (χ0) is 11.0. The van der Waals surface area contributed by atoms with E-state index in [4.69, 9.17) is 16.0 Å². The summed E-state index contributed by atoms with van der Waals surface area (Å²) in [7, 11) is 0. The zero-order valence-corrected chi connectivity index (χ0v) is 9.50. The van der Waals surface area contributed by atoms with Gasteiger partial charge in [-0.15, -0.1) is 0 Å². The number of rotatable bonds is 1. The van der Waals surface area contributed by atoms with Crippen LogP contribution in [0.3, 0.4) is 0 Å². The van der Waals surface area contributed by atoms with Crippen molar-refractivity contribution in [3.05, 3.63) is 23.2 Å². The lowest BCUT2D eigenvalue weighted by Gasteiger charge is -2.19. The summed E-state index contributed by atoms with van der Waals surface area (Å²) in [6, 6.07) is 1.79. The third-order valence-electron chi connectivity index (χ3n) is 2.92. The molecule has 4 nitrogen and oxygen atoms in total. The van der Waals surface area contributed by atoms with Crippen LogP contribution in [0.1, 0.15) is 24.7 Å². The first-order valence-electron chi connectivity index (χ1n) is 5.45. The molecule has 2 aromatic heterocycles. The standard InChI is InChI=1S/C11H12ClN3O/c12-8-5-9-11(14-6-8)16-10(15-9)7-1-3-13-4-2-7/h5-7,13H,1-4H2. The van der Waals surface area contributed by atoms with Gasteiger partial charge in [0.25, 0.3) is 0 Å². The maximum Gasteiger partial charge on any atom is 0.247 e. The quantitative estimate of drug-likeness (QED) is 0.827. The van der Waals surface area contributed by atoms with Gasteiger partial charge in [0.2, 0.25) is 11.6 Å². The molecular formula is C11H12ClN3O. The molecule has 0 unspecified atom stereocenters. The second-order valence-corrected chi connectivity index (χ2v) is 4.49. The summed E-state index contributed by atoms with van der Waals surface area (Å²) in [6.45, 7) is 2.05. The molecule has 3 rings (SSSR count). The van der Waals surface area contributed by atoms with Gasteiger partial charge in [-0.3, -0.25) is 0 Å². The van der Waals surface area contributed by atoms with E-state index >= 15 is 0 Å². The van der Waals surface area contributed by atoms with Gasteiger partial charge >= 0.3 is 0 Å². The number of piperidine rings is 1. The molecule has 84 valence electrons. The molecular weight excluding hydrogens is 226 g/mol. The van der Waals surface area contributed by atoms with Crippen LogP contribution in [0.2, 0.25) is 5.02 Å². The van der Waals surface area contributed by atoms with E-state index in [1.807, 2.05) is 0 Å². The van der Waals surface area contributed by atoms with E-state index in [9.17, 15) is 0 Å². The third-order valence-corrected chi connectivity index (χ3v) is 3.13. The molecule has 1 aliphatic heterocycles. The summed E-state index contributed by atoms with van der Waals surface area (Å²) in [5.74, 6) is 1.21. The average Bonchev–Trinajstić information content (AvgIpc) is 2.73. The second-order valence-electron chi connectivity index (χ2n) is 4.05. The lowest BCUT2D eigenvalue weighted by molar-refractivity contribution is 0.383. The van der Waals surface area contributed by atoms with Crippen molar-refractivity contribution in [2.24, 2.45) is 0 Å². The van der Waals surface area contributed by atoms with Crippen molar-refractivity contribution in [2.75, 3.05) is 13.1 Å². The second kappa shape index (κ2) is 4.03. The van der Waals surface area contributed by atoms with E-state index < -0.39 is 0 Å². The smallest absolute Gasteiger partial charge is 0.247 e. The van der Waals surface area contributed by atoms with Gasteiger partial charge in [0.1, 0.15) is 5.52 Å². The van der Waals surface area contributed by atoms with E-state index in [0.717, 1.165) is 37.3 Å². The Kier molecular flexibility index (Phi) is 2.53. The van der Waals surface area contributed by atoms with Crippen molar-refractivity contribution < 1.29 is 4.42 Å². The summed E-state index contributed by atoms with van der Waals surface area (Å²) in [4.78, 5) is 8.58. The van der Waals surface area contributed by atoms with Crippen LogP contribution >= 0.6 is 11.6 Å². The SMILES string of the molecule is Clc1cnc2oc(C3CCNCC3)nc2c1. The van der Waals surface area contributed by atoms with Crippen molar-refractivity contribution >= 4 is 22.8 Å². The fraction of sp³-hybridized carbons (Fsp3) is 0.455. The van der Waals surface area contributed by atoms with Gasteiger partial charge in [-0.25, -0.2) is 9.97 Å². The first-order chi connectivity index (χ1) is 7.83. The Morgan fingerprint density at radius 1 is 1.38 bits per heavy atom. The number of oxazole rings is 1. The molecule has 0 spiro atoms. The van der Waals surface area contributed by atoms with Crippen LogP contribution in [-0.4, -0.2) is 23.1 Å². The van der Waals surface area contributed by atoms with E-state index in [1.54, 1.807) is 12.3 Å². The van der Waals surface area contributed by atoms with Gasteiger partial charge in [0.15, 0.2) is 0 Å². The summed E-state index contributed by atoms with van der Waals surface area (Å²) in [5.41, 5.74) is 1.33. The molecule has 5 heteroatoms. The summed E-state index contributed by atoms with van der Waals surface area (Å²) in [5, 5.41) is 3.92.